The number of hydrogen-bond acceptors (Lipinski definition) is 4. The Morgan fingerprint density at radius 2 is 1.60 bits per heavy atom. The number of aryl methyl sites for hydroxylation is 2. The molecule has 0 radical (unpaired) electrons. The van der Waals surface area contributed by atoms with Gasteiger partial charge in [0.15, 0.2) is 0 Å². The molecule has 1 fully saturated rings. The molecule has 184 valence electrons. The van der Waals surface area contributed by atoms with Crippen LogP contribution in [0.4, 0.5) is 5.69 Å². The SMILES string of the molecule is Cc1ccc(C(=O)NCc2ccccc2CN2CCCC2)cc1S(=O)(=O)Nc1cccc(C)c1C. The summed E-state index contributed by atoms with van der Waals surface area (Å²) in [7, 11) is -3.86. The van der Waals surface area contributed by atoms with E-state index in [2.05, 4.69) is 21.0 Å². The van der Waals surface area contributed by atoms with Gasteiger partial charge >= 0.3 is 0 Å². The van der Waals surface area contributed by atoms with Gasteiger partial charge in [-0.1, -0.05) is 42.5 Å². The van der Waals surface area contributed by atoms with Gasteiger partial charge in [0.1, 0.15) is 0 Å². The zero-order valence-electron chi connectivity index (χ0n) is 20.6. The van der Waals surface area contributed by atoms with Crippen LogP contribution in [0.1, 0.15) is 51.0 Å². The maximum Gasteiger partial charge on any atom is 0.262 e. The molecule has 1 heterocycles. The molecule has 35 heavy (non-hydrogen) atoms. The van der Waals surface area contributed by atoms with Gasteiger partial charge < -0.3 is 5.32 Å². The minimum atomic E-state index is -3.86. The Balaban J connectivity index is 1.50. The van der Waals surface area contributed by atoms with Crippen LogP contribution in [0.25, 0.3) is 0 Å². The summed E-state index contributed by atoms with van der Waals surface area (Å²) in [6.45, 7) is 9.03. The Morgan fingerprint density at radius 1 is 0.886 bits per heavy atom. The van der Waals surface area contributed by atoms with Crippen molar-refractivity contribution in [3.8, 4) is 0 Å². The number of nitrogens with zero attached hydrogens (tertiary/aromatic N) is 1. The highest BCUT2D eigenvalue weighted by atomic mass is 32.2. The lowest BCUT2D eigenvalue weighted by molar-refractivity contribution is 0.0950. The van der Waals surface area contributed by atoms with Gasteiger partial charge in [-0.25, -0.2) is 8.42 Å². The van der Waals surface area contributed by atoms with Crippen LogP contribution in [-0.4, -0.2) is 32.3 Å². The predicted molar refractivity (Wildman–Crippen MR) is 140 cm³/mol. The number of sulfonamides is 1. The van der Waals surface area contributed by atoms with Gasteiger partial charge in [0.25, 0.3) is 15.9 Å². The lowest BCUT2D eigenvalue weighted by atomic mass is 10.1. The van der Waals surface area contributed by atoms with E-state index in [1.54, 1.807) is 25.1 Å². The van der Waals surface area contributed by atoms with Crippen LogP contribution < -0.4 is 10.0 Å². The van der Waals surface area contributed by atoms with Gasteiger partial charge in [0.05, 0.1) is 10.6 Å². The molecule has 4 rings (SSSR count). The van der Waals surface area contributed by atoms with Crippen LogP contribution in [0.15, 0.2) is 65.6 Å². The Hall–Kier alpha value is -3.16. The quantitative estimate of drug-likeness (QED) is 0.468. The number of hydrogen-bond donors (Lipinski definition) is 2. The van der Waals surface area contributed by atoms with E-state index in [0.29, 0.717) is 23.4 Å². The minimum Gasteiger partial charge on any atom is -0.348 e. The Kier molecular flexibility index (Phi) is 7.57. The van der Waals surface area contributed by atoms with Crippen molar-refractivity contribution < 1.29 is 13.2 Å². The zero-order chi connectivity index (χ0) is 25.0. The van der Waals surface area contributed by atoms with Gasteiger partial charge in [-0.15, -0.1) is 0 Å². The summed E-state index contributed by atoms with van der Waals surface area (Å²) >= 11 is 0. The average Bonchev–Trinajstić information content (AvgIpc) is 3.34. The van der Waals surface area contributed by atoms with Gasteiger partial charge in [-0.3, -0.25) is 14.4 Å². The first kappa shape index (κ1) is 24.9. The smallest absolute Gasteiger partial charge is 0.262 e. The Labute approximate surface area is 208 Å². The van der Waals surface area contributed by atoms with Crippen LogP contribution >= 0.6 is 0 Å². The third kappa shape index (κ3) is 5.92. The van der Waals surface area contributed by atoms with Crippen molar-refractivity contribution in [2.45, 2.75) is 51.6 Å². The van der Waals surface area contributed by atoms with Crippen LogP contribution in [-0.2, 0) is 23.1 Å². The molecular weight excluding hydrogens is 458 g/mol. The third-order valence-electron chi connectivity index (χ3n) is 6.74. The molecule has 0 atom stereocenters. The van der Waals surface area contributed by atoms with Crippen molar-refractivity contribution in [2.75, 3.05) is 17.8 Å². The van der Waals surface area contributed by atoms with E-state index in [1.165, 1.54) is 24.5 Å². The van der Waals surface area contributed by atoms with Crippen molar-refractivity contribution in [3.05, 3.63) is 94.0 Å². The summed E-state index contributed by atoms with van der Waals surface area (Å²) in [5.74, 6) is -0.302. The van der Waals surface area contributed by atoms with Gasteiger partial charge in [0, 0.05) is 18.7 Å². The summed E-state index contributed by atoms with van der Waals surface area (Å²) in [5, 5.41) is 2.97. The number of nitrogens with one attached hydrogen (secondary N) is 2. The molecule has 3 aromatic rings. The fourth-order valence-electron chi connectivity index (χ4n) is 4.44. The van der Waals surface area contributed by atoms with Crippen LogP contribution in [0.2, 0.25) is 0 Å². The molecule has 0 bridgehead atoms. The number of amides is 1. The molecular formula is C28H33N3O3S. The fraction of sp³-hybridized carbons (Fsp3) is 0.321. The number of anilines is 1. The standard InChI is InChI=1S/C28H33N3O3S/c1-20-9-8-12-26(22(20)3)30-35(33,34)27-17-23(14-13-21(27)2)28(32)29-18-24-10-4-5-11-25(24)19-31-15-6-7-16-31/h4-5,8-14,17,30H,6-7,15-16,18-19H2,1-3H3,(H,29,32). The monoisotopic (exact) mass is 491 g/mol. The number of carbonyl (C=O) groups is 1. The first-order valence-corrected chi connectivity index (χ1v) is 13.5. The molecule has 1 aliphatic rings. The molecule has 1 amide bonds. The summed E-state index contributed by atoms with van der Waals surface area (Å²) < 4.78 is 29.1. The van der Waals surface area contributed by atoms with E-state index in [-0.39, 0.29) is 10.8 Å². The van der Waals surface area contributed by atoms with E-state index in [1.807, 2.05) is 44.2 Å². The molecule has 0 unspecified atom stereocenters. The highest BCUT2D eigenvalue weighted by Crippen LogP contribution is 2.24. The second-order valence-electron chi connectivity index (χ2n) is 9.27. The molecule has 0 saturated carbocycles. The molecule has 0 aromatic heterocycles. The Morgan fingerprint density at radius 3 is 2.34 bits per heavy atom. The molecule has 3 aromatic carbocycles. The summed E-state index contributed by atoms with van der Waals surface area (Å²) in [6.07, 6.45) is 2.46. The van der Waals surface area contributed by atoms with Crippen molar-refractivity contribution in [3.63, 3.8) is 0 Å². The molecule has 1 aliphatic heterocycles. The molecule has 2 N–H and O–H groups in total. The molecule has 6 nitrogen and oxygen atoms in total. The maximum atomic E-state index is 13.2. The van der Waals surface area contributed by atoms with E-state index in [4.69, 9.17) is 0 Å². The summed E-state index contributed by atoms with van der Waals surface area (Å²) in [6, 6.07) is 18.4. The third-order valence-corrected chi connectivity index (χ3v) is 8.25. The van der Waals surface area contributed by atoms with E-state index in [0.717, 1.165) is 36.3 Å². The molecule has 7 heteroatoms. The van der Waals surface area contributed by atoms with Gasteiger partial charge in [-0.05, 0) is 92.7 Å². The van der Waals surface area contributed by atoms with E-state index in [9.17, 15) is 13.2 Å². The van der Waals surface area contributed by atoms with Crippen molar-refractivity contribution in [1.82, 2.24) is 10.2 Å². The second kappa shape index (κ2) is 10.6. The number of rotatable bonds is 8. The highest BCUT2D eigenvalue weighted by molar-refractivity contribution is 7.92. The van der Waals surface area contributed by atoms with E-state index < -0.39 is 10.0 Å². The van der Waals surface area contributed by atoms with E-state index >= 15 is 0 Å². The zero-order valence-corrected chi connectivity index (χ0v) is 21.4. The van der Waals surface area contributed by atoms with Crippen molar-refractivity contribution in [1.29, 1.82) is 0 Å². The Bertz CT molecular complexity index is 1330. The normalized spacial score (nSPS) is 14.1. The predicted octanol–water partition coefficient (Wildman–Crippen LogP) is 4.94. The lowest BCUT2D eigenvalue weighted by Gasteiger charge is -2.18. The molecule has 0 aliphatic carbocycles. The average molecular weight is 492 g/mol. The lowest BCUT2D eigenvalue weighted by Crippen LogP contribution is -2.25. The highest BCUT2D eigenvalue weighted by Gasteiger charge is 2.21. The van der Waals surface area contributed by atoms with Gasteiger partial charge in [-0.2, -0.15) is 0 Å². The summed E-state index contributed by atoms with van der Waals surface area (Å²) in [4.78, 5) is 15.5. The molecule has 0 spiro atoms. The van der Waals surface area contributed by atoms with Crippen LogP contribution in [0.3, 0.4) is 0 Å². The first-order valence-electron chi connectivity index (χ1n) is 12.0. The maximum absolute atomic E-state index is 13.2. The molecule has 1 saturated heterocycles. The minimum absolute atomic E-state index is 0.0977. The topological polar surface area (TPSA) is 78.5 Å². The number of carbonyl (C=O) groups excluding carboxylic acids is 1. The largest absolute Gasteiger partial charge is 0.348 e. The van der Waals surface area contributed by atoms with Crippen molar-refractivity contribution >= 4 is 21.6 Å². The van der Waals surface area contributed by atoms with Crippen molar-refractivity contribution in [2.24, 2.45) is 0 Å². The summed E-state index contributed by atoms with van der Waals surface area (Å²) in [5.41, 5.74) is 5.58. The number of likely N-dealkylation sites (tertiary alicyclic amines) is 1. The first-order chi connectivity index (χ1) is 16.7. The van der Waals surface area contributed by atoms with Gasteiger partial charge in [0.2, 0.25) is 0 Å². The van der Waals surface area contributed by atoms with Crippen LogP contribution in [0, 0.1) is 20.8 Å². The second-order valence-corrected chi connectivity index (χ2v) is 10.9. The number of benzene rings is 3. The van der Waals surface area contributed by atoms with Crippen LogP contribution in [0.5, 0.6) is 0 Å². The fourth-order valence-corrected chi connectivity index (χ4v) is 5.83.